The van der Waals surface area contributed by atoms with Gasteiger partial charge in [-0.2, -0.15) is 0 Å². The van der Waals surface area contributed by atoms with Crippen LogP contribution in [0.3, 0.4) is 0 Å². The molecule has 0 amide bonds. The fraction of sp³-hybridized carbons (Fsp3) is 0.333. The van der Waals surface area contributed by atoms with Crippen molar-refractivity contribution in [3.8, 4) is 0 Å². The number of benzene rings is 1. The topological polar surface area (TPSA) is 47.0 Å². The van der Waals surface area contributed by atoms with E-state index in [-0.39, 0.29) is 0 Å². The minimum Gasteiger partial charge on any atom is -0.380 e. The van der Waals surface area contributed by atoms with Crippen molar-refractivity contribution < 1.29 is 4.74 Å². The highest BCUT2D eigenvalue weighted by atomic mass is 79.9. The lowest BCUT2D eigenvalue weighted by Gasteiger charge is -2.06. The molecule has 0 atom stereocenters. The van der Waals surface area contributed by atoms with Crippen LogP contribution in [0, 0.1) is 0 Å². The smallest absolute Gasteiger partial charge is 0.223 e. The predicted octanol–water partition coefficient (Wildman–Crippen LogP) is 2.84. The van der Waals surface area contributed by atoms with Crippen LogP contribution in [-0.2, 0) is 4.74 Å². The Labute approximate surface area is 109 Å². The van der Waals surface area contributed by atoms with Crippen LogP contribution in [0.1, 0.15) is 6.92 Å². The van der Waals surface area contributed by atoms with E-state index in [1.165, 1.54) is 0 Å². The van der Waals surface area contributed by atoms with Gasteiger partial charge in [0.25, 0.3) is 0 Å². The summed E-state index contributed by atoms with van der Waals surface area (Å²) in [5.41, 5.74) is 0.918. The number of fused-ring (bicyclic) bond motifs is 1. The van der Waals surface area contributed by atoms with E-state index >= 15 is 0 Å². The molecule has 0 saturated carbocycles. The third kappa shape index (κ3) is 3.14. The molecule has 0 aliphatic heterocycles. The molecule has 0 aliphatic rings. The van der Waals surface area contributed by atoms with Crippen LogP contribution in [0.25, 0.3) is 10.9 Å². The van der Waals surface area contributed by atoms with Crippen molar-refractivity contribution in [1.29, 1.82) is 0 Å². The lowest BCUT2D eigenvalue weighted by atomic mass is 10.2. The summed E-state index contributed by atoms with van der Waals surface area (Å²) in [6.45, 7) is 4.08. The lowest BCUT2D eigenvalue weighted by Crippen LogP contribution is -2.11. The molecular weight excluding hydrogens is 282 g/mol. The average Bonchev–Trinajstić information content (AvgIpc) is 2.36. The Hall–Kier alpha value is -1.20. The molecule has 0 fully saturated rings. The Balaban J connectivity index is 2.11. The van der Waals surface area contributed by atoms with Gasteiger partial charge in [0.15, 0.2) is 0 Å². The number of halogens is 1. The van der Waals surface area contributed by atoms with E-state index in [4.69, 9.17) is 4.74 Å². The van der Waals surface area contributed by atoms with Gasteiger partial charge >= 0.3 is 0 Å². The highest BCUT2D eigenvalue weighted by molar-refractivity contribution is 9.10. The van der Waals surface area contributed by atoms with Gasteiger partial charge in [0.1, 0.15) is 0 Å². The maximum atomic E-state index is 5.24. The maximum absolute atomic E-state index is 5.24. The number of nitrogens with one attached hydrogen (secondary N) is 1. The van der Waals surface area contributed by atoms with Gasteiger partial charge in [0.05, 0.1) is 12.1 Å². The van der Waals surface area contributed by atoms with Crippen molar-refractivity contribution in [2.24, 2.45) is 0 Å². The predicted molar refractivity (Wildman–Crippen MR) is 72.2 cm³/mol. The molecular formula is C12H14BrN3O. The fourth-order valence-corrected chi connectivity index (χ4v) is 1.95. The molecule has 17 heavy (non-hydrogen) atoms. The average molecular weight is 296 g/mol. The first-order chi connectivity index (χ1) is 8.31. The zero-order chi connectivity index (χ0) is 12.1. The van der Waals surface area contributed by atoms with E-state index in [9.17, 15) is 0 Å². The third-order valence-corrected chi connectivity index (χ3v) is 2.94. The van der Waals surface area contributed by atoms with Crippen LogP contribution >= 0.6 is 15.9 Å². The monoisotopic (exact) mass is 295 g/mol. The zero-order valence-electron chi connectivity index (χ0n) is 9.61. The Bertz CT molecular complexity index is 504. The quantitative estimate of drug-likeness (QED) is 0.862. The van der Waals surface area contributed by atoms with Crippen LogP contribution in [0.4, 0.5) is 5.95 Å². The second kappa shape index (κ2) is 5.93. The maximum Gasteiger partial charge on any atom is 0.223 e. The first-order valence-corrected chi connectivity index (χ1v) is 6.33. The standard InChI is InChI=1S/C12H14BrN3O/c1-2-17-7-6-14-12-15-8-9-4-3-5-10(13)11(9)16-12/h3-5,8H,2,6-7H2,1H3,(H,14,15,16). The molecule has 1 aromatic heterocycles. The molecule has 2 aromatic rings. The molecule has 1 N–H and O–H groups in total. The van der Waals surface area contributed by atoms with Gasteiger partial charge in [-0.1, -0.05) is 12.1 Å². The number of anilines is 1. The zero-order valence-corrected chi connectivity index (χ0v) is 11.2. The van der Waals surface area contributed by atoms with Crippen molar-refractivity contribution in [2.45, 2.75) is 6.92 Å². The molecule has 0 aliphatic carbocycles. The summed E-state index contributed by atoms with van der Waals surface area (Å²) >= 11 is 3.48. The summed E-state index contributed by atoms with van der Waals surface area (Å²) in [5.74, 6) is 0.629. The van der Waals surface area contributed by atoms with Crippen LogP contribution in [0.15, 0.2) is 28.9 Å². The number of hydrogen-bond donors (Lipinski definition) is 1. The Morgan fingerprint density at radius 1 is 1.41 bits per heavy atom. The summed E-state index contributed by atoms with van der Waals surface area (Å²) < 4.78 is 6.22. The molecule has 4 nitrogen and oxygen atoms in total. The van der Waals surface area contributed by atoms with E-state index < -0.39 is 0 Å². The third-order valence-electron chi connectivity index (χ3n) is 2.30. The summed E-state index contributed by atoms with van der Waals surface area (Å²) in [7, 11) is 0. The number of ether oxygens (including phenoxy) is 1. The molecule has 5 heteroatoms. The summed E-state index contributed by atoms with van der Waals surface area (Å²) in [5, 5.41) is 4.15. The Morgan fingerprint density at radius 3 is 3.12 bits per heavy atom. The normalized spacial score (nSPS) is 10.7. The van der Waals surface area contributed by atoms with E-state index in [0.29, 0.717) is 19.1 Å². The number of rotatable bonds is 5. The molecule has 1 aromatic carbocycles. The van der Waals surface area contributed by atoms with Crippen molar-refractivity contribution in [1.82, 2.24) is 9.97 Å². The van der Waals surface area contributed by atoms with E-state index in [1.807, 2.05) is 31.3 Å². The highest BCUT2D eigenvalue weighted by Crippen LogP contribution is 2.21. The second-order valence-corrected chi connectivity index (χ2v) is 4.35. The largest absolute Gasteiger partial charge is 0.380 e. The van der Waals surface area contributed by atoms with Gasteiger partial charge in [-0.25, -0.2) is 9.97 Å². The molecule has 0 unspecified atom stereocenters. The molecule has 0 saturated heterocycles. The van der Waals surface area contributed by atoms with Gasteiger partial charge < -0.3 is 10.1 Å². The van der Waals surface area contributed by atoms with Crippen molar-refractivity contribution in [3.63, 3.8) is 0 Å². The van der Waals surface area contributed by atoms with Crippen LogP contribution in [0.5, 0.6) is 0 Å². The van der Waals surface area contributed by atoms with Crippen molar-refractivity contribution in [2.75, 3.05) is 25.1 Å². The fourth-order valence-electron chi connectivity index (χ4n) is 1.48. The van der Waals surface area contributed by atoms with Crippen molar-refractivity contribution in [3.05, 3.63) is 28.9 Å². The summed E-state index contributed by atoms with van der Waals surface area (Å²) in [6.07, 6.45) is 1.82. The van der Waals surface area contributed by atoms with Gasteiger partial charge in [-0.3, -0.25) is 0 Å². The molecule has 0 bridgehead atoms. The van der Waals surface area contributed by atoms with Gasteiger partial charge in [-0.05, 0) is 28.9 Å². The van der Waals surface area contributed by atoms with E-state index in [2.05, 4.69) is 31.2 Å². The molecule has 90 valence electrons. The van der Waals surface area contributed by atoms with Crippen molar-refractivity contribution >= 4 is 32.8 Å². The first kappa shape index (κ1) is 12.3. The number of hydrogen-bond acceptors (Lipinski definition) is 4. The van der Waals surface area contributed by atoms with Crippen LogP contribution in [-0.4, -0.2) is 29.7 Å². The highest BCUT2D eigenvalue weighted by Gasteiger charge is 2.02. The Kier molecular flexibility index (Phi) is 4.28. The second-order valence-electron chi connectivity index (χ2n) is 3.49. The SMILES string of the molecule is CCOCCNc1ncc2cccc(Br)c2n1. The molecule has 0 spiro atoms. The summed E-state index contributed by atoms with van der Waals surface area (Å²) in [6, 6.07) is 5.93. The van der Waals surface area contributed by atoms with Gasteiger partial charge in [0, 0.05) is 29.2 Å². The van der Waals surface area contributed by atoms with Crippen LogP contribution in [0.2, 0.25) is 0 Å². The van der Waals surface area contributed by atoms with E-state index in [1.54, 1.807) is 0 Å². The number of para-hydroxylation sites is 1. The van der Waals surface area contributed by atoms with E-state index in [0.717, 1.165) is 22.0 Å². The lowest BCUT2D eigenvalue weighted by molar-refractivity contribution is 0.158. The minimum absolute atomic E-state index is 0.629. The first-order valence-electron chi connectivity index (χ1n) is 5.54. The minimum atomic E-state index is 0.629. The van der Waals surface area contributed by atoms with Crippen LogP contribution < -0.4 is 5.32 Å². The Morgan fingerprint density at radius 2 is 2.29 bits per heavy atom. The summed E-state index contributed by atoms with van der Waals surface area (Å²) in [4.78, 5) is 8.69. The molecule has 2 rings (SSSR count). The number of aromatic nitrogens is 2. The van der Waals surface area contributed by atoms with Gasteiger partial charge in [-0.15, -0.1) is 0 Å². The number of nitrogens with zero attached hydrogens (tertiary/aromatic N) is 2. The van der Waals surface area contributed by atoms with Gasteiger partial charge in [0.2, 0.25) is 5.95 Å². The molecule has 0 radical (unpaired) electrons. The molecule has 1 heterocycles.